The molecule has 0 saturated heterocycles. The van der Waals surface area contributed by atoms with Crippen LogP contribution in [0, 0.1) is 11.3 Å². The van der Waals surface area contributed by atoms with Gasteiger partial charge < -0.3 is 10.1 Å². The molecular formula is C12H25NO. The molecule has 1 fully saturated rings. The Morgan fingerprint density at radius 1 is 1.43 bits per heavy atom. The Labute approximate surface area is 88.4 Å². The second kappa shape index (κ2) is 5.72. The van der Waals surface area contributed by atoms with Gasteiger partial charge in [-0.3, -0.25) is 0 Å². The van der Waals surface area contributed by atoms with Crippen LogP contribution in [0.2, 0.25) is 0 Å². The van der Waals surface area contributed by atoms with Gasteiger partial charge in [-0.2, -0.15) is 0 Å². The van der Waals surface area contributed by atoms with Crippen LogP contribution in [-0.2, 0) is 4.74 Å². The molecule has 1 aliphatic carbocycles. The van der Waals surface area contributed by atoms with Gasteiger partial charge in [0.05, 0.1) is 6.61 Å². The molecule has 0 amide bonds. The smallest absolute Gasteiger partial charge is 0.0587 e. The Kier molecular flexibility index (Phi) is 4.90. The lowest BCUT2D eigenvalue weighted by Gasteiger charge is -2.35. The van der Waals surface area contributed by atoms with Crippen molar-refractivity contribution in [1.29, 1.82) is 0 Å². The van der Waals surface area contributed by atoms with E-state index in [-0.39, 0.29) is 0 Å². The molecule has 1 saturated carbocycles. The van der Waals surface area contributed by atoms with Crippen LogP contribution in [0.25, 0.3) is 0 Å². The molecule has 0 radical (unpaired) electrons. The number of methoxy groups -OCH3 is 1. The summed E-state index contributed by atoms with van der Waals surface area (Å²) in [7, 11) is 1.76. The average Bonchev–Trinajstić information content (AvgIpc) is 2.11. The van der Waals surface area contributed by atoms with E-state index in [0.29, 0.717) is 5.41 Å². The van der Waals surface area contributed by atoms with Gasteiger partial charge in [0, 0.05) is 13.7 Å². The average molecular weight is 199 g/mol. The molecule has 0 bridgehead atoms. The standard InChI is InChI=1S/C12H25NO/c1-12(2)6-4-5-11(9-12)10-13-7-8-14-3/h11,13H,4-10H2,1-3H3. The number of nitrogens with one attached hydrogen (secondary N) is 1. The van der Waals surface area contributed by atoms with Crippen LogP contribution >= 0.6 is 0 Å². The zero-order valence-electron chi connectivity index (χ0n) is 9.94. The fourth-order valence-corrected chi connectivity index (χ4v) is 2.51. The number of hydrogen-bond acceptors (Lipinski definition) is 2. The first kappa shape index (κ1) is 12.0. The minimum Gasteiger partial charge on any atom is -0.383 e. The highest BCUT2D eigenvalue weighted by Crippen LogP contribution is 2.38. The maximum atomic E-state index is 5.01. The molecule has 0 heterocycles. The maximum absolute atomic E-state index is 5.01. The van der Waals surface area contributed by atoms with E-state index in [1.807, 2.05) is 0 Å². The topological polar surface area (TPSA) is 21.3 Å². The Morgan fingerprint density at radius 3 is 2.86 bits per heavy atom. The molecular weight excluding hydrogens is 174 g/mol. The third-order valence-corrected chi connectivity index (χ3v) is 3.22. The van der Waals surface area contributed by atoms with Gasteiger partial charge in [0.25, 0.3) is 0 Å². The summed E-state index contributed by atoms with van der Waals surface area (Å²) in [5.74, 6) is 0.885. The zero-order valence-corrected chi connectivity index (χ0v) is 9.94. The monoisotopic (exact) mass is 199 g/mol. The van der Waals surface area contributed by atoms with Crippen molar-refractivity contribution in [2.45, 2.75) is 39.5 Å². The minimum absolute atomic E-state index is 0.575. The van der Waals surface area contributed by atoms with E-state index in [4.69, 9.17) is 4.74 Å². The second-order valence-corrected chi connectivity index (χ2v) is 5.32. The van der Waals surface area contributed by atoms with Crippen LogP contribution in [0.15, 0.2) is 0 Å². The summed E-state index contributed by atoms with van der Waals surface area (Å²) >= 11 is 0. The fourth-order valence-electron chi connectivity index (χ4n) is 2.51. The normalized spacial score (nSPS) is 26.4. The lowest BCUT2D eigenvalue weighted by atomic mass is 9.72. The molecule has 0 aliphatic heterocycles. The van der Waals surface area contributed by atoms with Crippen molar-refractivity contribution in [3.63, 3.8) is 0 Å². The third-order valence-electron chi connectivity index (χ3n) is 3.22. The van der Waals surface area contributed by atoms with Crippen LogP contribution in [0.5, 0.6) is 0 Å². The summed E-state index contributed by atoms with van der Waals surface area (Å²) in [6, 6.07) is 0. The van der Waals surface area contributed by atoms with Gasteiger partial charge in [-0.1, -0.05) is 20.3 Å². The van der Waals surface area contributed by atoms with E-state index >= 15 is 0 Å². The van der Waals surface area contributed by atoms with Crippen molar-refractivity contribution < 1.29 is 4.74 Å². The lowest BCUT2D eigenvalue weighted by Crippen LogP contribution is -2.32. The summed E-state index contributed by atoms with van der Waals surface area (Å²) in [6.07, 6.45) is 5.60. The summed E-state index contributed by atoms with van der Waals surface area (Å²) in [4.78, 5) is 0. The van der Waals surface area contributed by atoms with Gasteiger partial charge in [0.2, 0.25) is 0 Å². The Hall–Kier alpha value is -0.0800. The summed E-state index contributed by atoms with van der Waals surface area (Å²) in [5, 5.41) is 3.47. The van der Waals surface area contributed by atoms with E-state index in [2.05, 4.69) is 19.2 Å². The maximum Gasteiger partial charge on any atom is 0.0587 e. The molecule has 2 nitrogen and oxygen atoms in total. The first-order valence-corrected chi connectivity index (χ1v) is 5.84. The predicted octanol–water partition coefficient (Wildman–Crippen LogP) is 2.44. The number of hydrogen-bond donors (Lipinski definition) is 1. The fraction of sp³-hybridized carbons (Fsp3) is 1.00. The Balaban J connectivity index is 2.12. The molecule has 0 spiro atoms. The highest BCUT2D eigenvalue weighted by atomic mass is 16.5. The van der Waals surface area contributed by atoms with Crippen molar-refractivity contribution in [2.75, 3.05) is 26.8 Å². The summed E-state index contributed by atoms with van der Waals surface area (Å²) in [5.41, 5.74) is 0.575. The highest BCUT2D eigenvalue weighted by Gasteiger charge is 2.27. The van der Waals surface area contributed by atoms with E-state index < -0.39 is 0 Å². The predicted molar refractivity (Wildman–Crippen MR) is 60.5 cm³/mol. The molecule has 1 atom stereocenters. The van der Waals surface area contributed by atoms with E-state index in [0.717, 1.165) is 19.1 Å². The van der Waals surface area contributed by atoms with Gasteiger partial charge >= 0.3 is 0 Å². The summed E-state index contributed by atoms with van der Waals surface area (Å²) < 4.78 is 5.01. The Bertz CT molecular complexity index is 156. The van der Waals surface area contributed by atoms with Crippen LogP contribution in [-0.4, -0.2) is 26.8 Å². The second-order valence-electron chi connectivity index (χ2n) is 5.32. The quantitative estimate of drug-likeness (QED) is 0.687. The van der Waals surface area contributed by atoms with Crippen molar-refractivity contribution >= 4 is 0 Å². The van der Waals surface area contributed by atoms with Gasteiger partial charge in [0.1, 0.15) is 0 Å². The first-order chi connectivity index (χ1) is 6.64. The zero-order chi connectivity index (χ0) is 10.4. The molecule has 1 unspecified atom stereocenters. The SMILES string of the molecule is COCCNCC1CCCC(C)(C)C1. The van der Waals surface area contributed by atoms with Crippen LogP contribution in [0.1, 0.15) is 39.5 Å². The van der Waals surface area contributed by atoms with E-state index in [9.17, 15) is 0 Å². The summed E-state index contributed by atoms with van der Waals surface area (Å²) in [6.45, 7) is 7.79. The number of ether oxygens (including phenoxy) is 1. The molecule has 1 rings (SSSR count). The van der Waals surface area contributed by atoms with Crippen molar-refractivity contribution in [2.24, 2.45) is 11.3 Å². The molecule has 0 aromatic rings. The molecule has 1 N–H and O–H groups in total. The lowest BCUT2D eigenvalue weighted by molar-refractivity contribution is 0.168. The van der Waals surface area contributed by atoms with E-state index in [1.165, 1.54) is 32.2 Å². The van der Waals surface area contributed by atoms with Crippen LogP contribution in [0.4, 0.5) is 0 Å². The number of rotatable bonds is 5. The Morgan fingerprint density at radius 2 is 2.21 bits per heavy atom. The molecule has 1 aliphatic rings. The van der Waals surface area contributed by atoms with Gasteiger partial charge in [-0.05, 0) is 37.1 Å². The molecule has 0 aromatic heterocycles. The van der Waals surface area contributed by atoms with Crippen LogP contribution in [0.3, 0.4) is 0 Å². The molecule has 0 aromatic carbocycles. The van der Waals surface area contributed by atoms with Gasteiger partial charge in [-0.15, -0.1) is 0 Å². The third kappa shape index (κ3) is 4.43. The van der Waals surface area contributed by atoms with Gasteiger partial charge in [-0.25, -0.2) is 0 Å². The van der Waals surface area contributed by atoms with Crippen molar-refractivity contribution in [3.8, 4) is 0 Å². The van der Waals surface area contributed by atoms with Crippen molar-refractivity contribution in [3.05, 3.63) is 0 Å². The van der Waals surface area contributed by atoms with Crippen LogP contribution < -0.4 is 5.32 Å². The highest BCUT2D eigenvalue weighted by molar-refractivity contribution is 4.80. The first-order valence-electron chi connectivity index (χ1n) is 5.84. The van der Waals surface area contributed by atoms with E-state index in [1.54, 1.807) is 7.11 Å². The molecule has 14 heavy (non-hydrogen) atoms. The van der Waals surface area contributed by atoms with Gasteiger partial charge in [0.15, 0.2) is 0 Å². The largest absolute Gasteiger partial charge is 0.383 e. The minimum atomic E-state index is 0.575. The molecule has 2 heteroatoms. The van der Waals surface area contributed by atoms with Crippen molar-refractivity contribution in [1.82, 2.24) is 5.32 Å². The molecule has 84 valence electrons.